The molecule has 1 aromatic heterocycles. The first-order chi connectivity index (χ1) is 12.2. The third-order valence-electron chi connectivity index (χ3n) is 4.19. The van der Waals surface area contributed by atoms with Gasteiger partial charge in [0.25, 0.3) is 5.91 Å². The molecule has 0 saturated carbocycles. The maximum atomic E-state index is 12.4. The third kappa shape index (κ3) is 4.20. The second kappa shape index (κ2) is 7.86. The molecule has 1 aromatic carbocycles. The van der Waals surface area contributed by atoms with Gasteiger partial charge in [0.2, 0.25) is 0 Å². The molecule has 0 unspecified atom stereocenters. The van der Waals surface area contributed by atoms with Crippen LogP contribution in [0.4, 0.5) is 0 Å². The van der Waals surface area contributed by atoms with Crippen molar-refractivity contribution in [3.05, 3.63) is 53.5 Å². The van der Waals surface area contributed by atoms with E-state index in [0.29, 0.717) is 16.9 Å². The summed E-state index contributed by atoms with van der Waals surface area (Å²) in [7, 11) is 0. The number of hydrogen-bond acceptors (Lipinski definition) is 5. The quantitative estimate of drug-likeness (QED) is 0.874. The van der Waals surface area contributed by atoms with Crippen LogP contribution in [0.25, 0.3) is 0 Å². The van der Waals surface area contributed by atoms with Crippen molar-refractivity contribution < 1.29 is 18.7 Å². The van der Waals surface area contributed by atoms with Crippen LogP contribution in [-0.2, 0) is 11.3 Å². The number of carbonyl (C=O) groups is 1. The Bertz CT molecular complexity index is 772. The second-order valence-electron chi connectivity index (χ2n) is 6.02. The Morgan fingerprint density at radius 3 is 3.12 bits per heavy atom. The Kier molecular flexibility index (Phi) is 5.36. The first-order valence-electron chi connectivity index (χ1n) is 8.29. The molecule has 25 heavy (non-hydrogen) atoms. The molecule has 1 aliphatic heterocycles. The molecule has 0 radical (unpaired) electrons. The summed E-state index contributed by atoms with van der Waals surface area (Å²) in [5.41, 5.74) is 1.17. The second-order valence-corrected chi connectivity index (χ2v) is 6.02. The molecule has 2 aromatic rings. The first kappa shape index (κ1) is 17.1. The number of amides is 1. The van der Waals surface area contributed by atoms with Crippen LogP contribution in [0.3, 0.4) is 0 Å². The maximum absolute atomic E-state index is 12.4. The number of carbonyl (C=O) groups excluding carboxylic acids is 1. The van der Waals surface area contributed by atoms with Crippen molar-refractivity contribution in [1.29, 1.82) is 5.26 Å². The lowest BCUT2D eigenvalue weighted by atomic mass is 10.1. The van der Waals surface area contributed by atoms with Crippen LogP contribution < -0.4 is 10.1 Å². The number of hydrogen-bond donors (Lipinski definition) is 1. The molecule has 0 aliphatic carbocycles. The summed E-state index contributed by atoms with van der Waals surface area (Å²) in [4.78, 5) is 12.4. The normalized spacial score (nSPS) is 17.7. The Morgan fingerprint density at radius 1 is 1.48 bits per heavy atom. The molecule has 1 aliphatic rings. The number of nitrogens with zero attached hydrogens (tertiary/aromatic N) is 1. The molecule has 1 saturated heterocycles. The highest BCUT2D eigenvalue weighted by Gasteiger charge is 2.25. The minimum absolute atomic E-state index is 0.0485. The van der Waals surface area contributed by atoms with E-state index in [2.05, 4.69) is 11.4 Å². The van der Waals surface area contributed by atoms with E-state index < -0.39 is 0 Å². The third-order valence-corrected chi connectivity index (χ3v) is 4.19. The van der Waals surface area contributed by atoms with E-state index >= 15 is 0 Å². The van der Waals surface area contributed by atoms with E-state index in [9.17, 15) is 4.79 Å². The van der Waals surface area contributed by atoms with Gasteiger partial charge >= 0.3 is 0 Å². The zero-order chi connectivity index (χ0) is 17.6. The molecule has 6 nitrogen and oxygen atoms in total. The molecule has 2 heterocycles. The smallest absolute Gasteiger partial charge is 0.287 e. The molecule has 0 spiro atoms. The van der Waals surface area contributed by atoms with Gasteiger partial charge in [-0.1, -0.05) is 6.07 Å². The Balaban J connectivity index is 1.61. The number of nitriles is 1. The summed E-state index contributed by atoms with van der Waals surface area (Å²) in [6, 6.07) is 10.6. The topological polar surface area (TPSA) is 84.5 Å². The summed E-state index contributed by atoms with van der Waals surface area (Å²) in [6.45, 7) is 2.86. The highest BCUT2D eigenvalue weighted by molar-refractivity contribution is 5.93. The average Bonchev–Trinajstić information content (AvgIpc) is 3.31. The number of rotatable bonds is 6. The van der Waals surface area contributed by atoms with Gasteiger partial charge in [-0.2, -0.15) is 5.26 Å². The minimum Gasteiger partial charge on any atom is -0.489 e. The molecule has 1 amide bonds. The van der Waals surface area contributed by atoms with Gasteiger partial charge in [-0.3, -0.25) is 4.79 Å². The van der Waals surface area contributed by atoms with Crippen molar-refractivity contribution in [2.45, 2.75) is 38.5 Å². The Morgan fingerprint density at radius 2 is 2.36 bits per heavy atom. The lowest BCUT2D eigenvalue weighted by molar-refractivity contribution is 0.0695. The average molecular weight is 340 g/mol. The van der Waals surface area contributed by atoms with E-state index in [1.165, 1.54) is 6.26 Å². The van der Waals surface area contributed by atoms with Crippen LogP contribution in [0.2, 0.25) is 0 Å². The number of furan rings is 1. The van der Waals surface area contributed by atoms with Gasteiger partial charge in [-0.05, 0) is 44.0 Å². The van der Waals surface area contributed by atoms with Gasteiger partial charge in [0.15, 0.2) is 5.76 Å². The van der Waals surface area contributed by atoms with Gasteiger partial charge in [-0.15, -0.1) is 0 Å². The molecule has 6 heteroatoms. The highest BCUT2D eigenvalue weighted by atomic mass is 16.5. The highest BCUT2D eigenvalue weighted by Crippen LogP contribution is 2.19. The molecule has 2 atom stereocenters. The van der Waals surface area contributed by atoms with Crippen LogP contribution in [0.1, 0.15) is 41.4 Å². The van der Waals surface area contributed by atoms with E-state index in [-0.39, 0.29) is 30.4 Å². The molecule has 3 rings (SSSR count). The Hall–Kier alpha value is -2.78. The monoisotopic (exact) mass is 340 g/mol. The fraction of sp³-hybridized carbons (Fsp3) is 0.368. The summed E-state index contributed by atoms with van der Waals surface area (Å²) in [6.07, 6.45) is 3.49. The number of ether oxygens (including phenoxy) is 2. The summed E-state index contributed by atoms with van der Waals surface area (Å²) in [5, 5.41) is 11.8. The van der Waals surface area contributed by atoms with Crippen molar-refractivity contribution in [2.24, 2.45) is 0 Å². The molecular weight excluding hydrogens is 320 g/mol. The van der Waals surface area contributed by atoms with Crippen molar-refractivity contribution >= 4 is 5.91 Å². The van der Waals surface area contributed by atoms with E-state index in [1.54, 1.807) is 30.3 Å². The van der Waals surface area contributed by atoms with Crippen molar-refractivity contribution in [2.75, 3.05) is 6.61 Å². The van der Waals surface area contributed by atoms with Crippen LogP contribution in [0.5, 0.6) is 5.75 Å². The fourth-order valence-electron chi connectivity index (χ4n) is 2.83. The lowest BCUT2D eigenvalue weighted by Gasteiger charge is -2.19. The van der Waals surface area contributed by atoms with E-state index in [4.69, 9.17) is 19.2 Å². The first-order valence-corrected chi connectivity index (χ1v) is 8.29. The summed E-state index contributed by atoms with van der Waals surface area (Å²) < 4.78 is 16.6. The molecule has 130 valence electrons. The molecular formula is C19H20N2O4. The van der Waals surface area contributed by atoms with E-state index in [1.807, 2.05) is 6.92 Å². The largest absolute Gasteiger partial charge is 0.489 e. The molecule has 0 bridgehead atoms. The van der Waals surface area contributed by atoms with Crippen LogP contribution in [-0.4, -0.2) is 24.7 Å². The van der Waals surface area contributed by atoms with Gasteiger partial charge in [0, 0.05) is 12.2 Å². The Labute approximate surface area is 146 Å². The van der Waals surface area contributed by atoms with Crippen LogP contribution in [0.15, 0.2) is 41.0 Å². The van der Waals surface area contributed by atoms with Gasteiger partial charge in [0.1, 0.15) is 12.4 Å². The summed E-state index contributed by atoms with van der Waals surface area (Å²) >= 11 is 0. The number of benzene rings is 1. The van der Waals surface area contributed by atoms with Gasteiger partial charge < -0.3 is 19.2 Å². The van der Waals surface area contributed by atoms with Crippen molar-refractivity contribution in [3.8, 4) is 11.8 Å². The predicted molar refractivity (Wildman–Crippen MR) is 90.1 cm³/mol. The van der Waals surface area contributed by atoms with Gasteiger partial charge in [-0.25, -0.2) is 0 Å². The lowest BCUT2D eigenvalue weighted by Crippen LogP contribution is -2.41. The summed E-state index contributed by atoms with van der Waals surface area (Å²) in [5.74, 6) is 0.526. The SMILES string of the molecule is C[C@H](NC(=O)c1occc1COc1cccc(C#N)c1)[C@H]1CCCO1. The molecule has 1 fully saturated rings. The predicted octanol–water partition coefficient (Wildman–Crippen LogP) is 3.03. The zero-order valence-electron chi connectivity index (χ0n) is 14.0. The molecule has 1 N–H and O–H groups in total. The van der Waals surface area contributed by atoms with Crippen LogP contribution in [0, 0.1) is 11.3 Å². The minimum atomic E-state index is -0.280. The van der Waals surface area contributed by atoms with E-state index in [0.717, 1.165) is 19.4 Å². The van der Waals surface area contributed by atoms with Crippen molar-refractivity contribution in [1.82, 2.24) is 5.32 Å². The number of nitrogens with one attached hydrogen (secondary N) is 1. The maximum Gasteiger partial charge on any atom is 0.287 e. The fourth-order valence-corrected chi connectivity index (χ4v) is 2.83. The van der Waals surface area contributed by atoms with Crippen molar-refractivity contribution in [3.63, 3.8) is 0 Å². The van der Waals surface area contributed by atoms with Gasteiger partial charge in [0.05, 0.1) is 30.0 Å². The zero-order valence-corrected chi connectivity index (χ0v) is 14.0. The standard InChI is InChI=1S/C19H20N2O4/c1-13(17-6-3-8-23-17)21-19(22)18-15(7-9-24-18)12-25-16-5-2-4-14(10-16)11-20/h2,4-5,7,9-10,13,17H,3,6,8,12H2,1H3,(H,21,22)/t13-,17+/m0/s1. The van der Waals surface area contributed by atoms with Crippen LogP contribution >= 0.6 is 0 Å².